The van der Waals surface area contributed by atoms with E-state index in [1.807, 2.05) is 41.1 Å². The molecule has 3 amide bonds. The molecule has 6 nitrogen and oxygen atoms in total. The van der Waals surface area contributed by atoms with Gasteiger partial charge in [-0.05, 0) is 60.3 Å². The number of para-hydroxylation sites is 2. The van der Waals surface area contributed by atoms with Crippen LogP contribution in [0.2, 0.25) is 5.02 Å². The van der Waals surface area contributed by atoms with E-state index in [4.69, 9.17) is 11.6 Å². The molecule has 1 saturated heterocycles. The number of carbonyl (C=O) groups is 3. The summed E-state index contributed by atoms with van der Waals surface area (Å²) in [6, 6.07) is 23.4. The van der Waals surface area contributed by atoms with Crippen molar-refractivity contribution in [3.63, 3.8) is 0 Å². The number of carbonyl (C=O) groups excluding carboxylic acids is 3. The molecule has 34 heavy (non-hydrogen) atoms. The highest BCUT2D eigenvalue weighted by Gasteiger charge is 2.36. The number of halogens is 1. The maximum Gasteiger partial charge on any atom is 0.298 e. The number of anilines is 2. The SMILES string of the molecule is O=C(Cn1cc(/C=C2/SC(=O)N(c3ccccc3)C2=O)c2ccccc21)Nc1ccc(Cl)cc1. The van der Waals surface area contributed by atoms with Crippen LogP contribution in [-0.2, 0) is 16.1 Å². The Bertz CT molecular complexity index is 1450. The van der Waals surface area contributed by atoms with Gasteiger partial charge in [-0.2, -0.15) is 0 Å². The Balaban J connectivity index is 1.43. The summed E-state index contributed by atoms with van der Waals surface area (Å²) in [4.78, 5) is 39.7. The highest BCUT2D eigenvalue weighted by atomic mass is 35.5. The topological polar surface area (TPSA) is 71.4 Å². The normalized spacial score (nSPS) is 14.9. The van der Waals surface area contributed by atoms with Crippen molar-refractivity contribution >= 4 is 68.8 Å². The minimum atomic E-state index is -0.362. The maximum absolute atomic E-state index is 13.0. The van der Waals surface area contributed by atoms with Crippen LogP contribution in [0.5, 0.6) is 0 Å². The first-order valence-corrected chi connectivity index (χ1v) is 11.7. The highest BCUT2D eigenvalue weighted by Crippen LogP contribution is 2.36. The van der Waals surface area contributed by atoms with E-state index in [0.29, 0.717) is 21.3 Å². The van der Waals surface area contributed by atoms with E-state index in [-0.39, 0.29) is 23.6 Å². The number of rotatable bonds is 5. The lowest BCUT2D eigenvalue weighted by molar-refractivity contribution is -0.116. The van der Waals surface area contributed by atoms with Crippen LogP contribution >= 0.6 is 23.4 Å². The third-order valence-corrected chi connectivity index (χ3v) is 6.48. The van der Waals surface area contributed by atoms with Crippen molar-refractivity contribution in [1.29, 1.82) is 0 Å². The average molecular weight is 488 g/mol. The van der Waals surface area contributed by atoms with Crippen LogP contribution in [0.1, 0.15) is 5.56 Å². The average Bonchev–Trinajstić information content (AvgIpc) is 3.32. The highest BCUT2D eigenvalue weighted by molar-refractivity contribution is 8.19. The maximum atomic E-state index is 13.0. The lowest BCUT2D eigenvalue weighted by Gasteiger charge is -2.11. The van der Waals surface area contributed by atoms with Crippen LogP contribution in [0, 0.1) is 0 Å². The molecule has 4 aromatic rings. The molecule has 0 radical (unpaired) electrons. The molecule has 0 atom stereocenters. The molecule has 0 unspecified atom stereocenters. The summed E-state index contributed by atoms with van der Waals surface area (Å²) in [5.74, 6) is -0.558. The van der Waals surface area contributed by atoms with E-state index in [0.717, 1.165) is 28.2 Å². The molecule has 0 aliphatic carbocycles. The standard InChI is InChI=1S/C26H18ClN3O3S/c27-18-10-12-19(13-11-18)28-24(31)16-29-15-17(21-8-4-5-9-22(21)29)14-23-25(32)30(26(33)34-23)20-6-2-1-3-7-20/h1-15H,16H2,(H,28,31)/b23-14+. The van der Waals surface area contributed by atoms with Crippen molar-refractivity contribution < 1.29 is 14.4 Å². The van der Waals surface area contributed by atoms with Crippen molar-refractivity contribution in [2.75, 3.05) is 10.2 Å². The quantitative estimate of drug-likeness (QED) is 0.341. The number of nitrogens with one attached hydrogen (secondary N) is 1. The molecule has 0 saturated carbocycles. The minimum Gasteiger partial charge on any atom is -0.337 e. The fourth-order valence-corrected chi connectivity index (χ4v) is 4.78. The number of nitrogens with zero attached hydrogens (tertiary/aromatic N) is 2. The van der Waals surface area contributed by atoms with Gasteiger partial charge in [-0.1, -0.05) is 48.0 Å². The number of thioether (sulfide) groups is 1. The lowest BCUT2D eigenvalue weighted by atomic mass is 10.1. The molecule has 0 bridgehead atoms. The second-order valence-electron chi connectivity index (χ2n) is 7.64. The molecule has 1 aromatic heterocycles. The number of imide groups is 1. The Morgan fingerprint density at radius 2 is 1.65 bits per heavy atom. The molecule has 1 aliphatic heterocycles. The summed E-state index contributed by atoms with van der Waals surface area (Å²) in [6.45, 7) is 0.0858. The van der Waals surface area contributed by atoms with Crippen LogP contribution in [0.25, 0.3) is 17.0 Å². The minimum absolute atomic E-state index is 0.0858. The smallest absolute Gasteiger partial charge is 0.298 e. The molecular weight excluding hydrogens is 470 g/mol. The number of amides is 3. The van der Waals surface area contributed by atoms with E-state index in [1.165, 1.54) is 4.90 Å². The first-order chi connectivity index (χ1) is 16.5. The largest absolute Gasteiger partial charge is 0.337 e. The molecule has 2 heterocycles. The number of hydrogen-bond donors (Lipinski definition) is 1. The number of hydrogen-bond acceptors (Lipinski definition) is 4. The van der Waals surface area contributed by atoms with Crippen LogP contribution in [0.4, 0.5) is 16.2 Å². The second-order valence-corrected chi connectivity index (χ2v) is 9.07. The monoisotopic (exact) mass is 487 g/mol. The number of fused-ring (bicyclic) bond motifs is 1. The molecule has 1 aliphatic rings. The fraction of sp³-hybridized carbons (Fsp3) is 0.0385. The molecule has 5 rings (SSSR count). The molecule has 168 valence electrons. The number of benzene rings is 3. The van der Waals surface area contributed by atoms with E-state index in [1.54, 1.807) is 54.6 Å². The van der Waals surface area contributed by atoms with E-state index < -0.39 is 0 Å². The summed E-state index contributed by atoms with van der Waals surface area (Å²) in [5, 5.41) is 3.99. The Labute approximate surface area is 204 Å². The van der Waals surface area contributed by atoms with Gasteiger partial charge in [0.05, 0.1) is 10.6 Å². The van der Waals surface area contributed by atoms with E-state index in [2.05, 4.69) is 5.32 Å². The Hall–Kier alpha value is -3.81. The summed E-state index contributed by atoms with van der Waals surface area (Å²) in [6.07, 6.45) is 3.53. The van der Waals surface area contributed by atoms with Gasteiger partial charge in [0, 0.05) is 33.4 Å². The van der Waals surface area contributed by atoms with E-state index >= 15 is 0 Å². The van der Waals surface area contributed by atoms with Crippen molar-refractivity contribution in [1.82, 2.24) is 4.57 Å². The first-order valence-electron chi connectivity index (χ1n) is 10.5. The van der Waals surface area contributed by atoms with Gasteiger partial charge < -0.3 is 9.88 Å². The van der Waals surface area contributed by atoms with Crippen molar-refractivity contribution in [3.8, 4) is 0 Å². The Morgan fingerprint density at radius 3 is 2.41 bits per heavy atom. The zero-order valence-electron chi connectivity index (χ0n) is 17.8. The zero-order chi connectivity index (χ0) is 23.7. The first kappa shape index (κ1) is 22.0. The third kappa shape index (κ3) is 4.35. The van der Waals surface area contributed by atoms with Gasteiger partial charge in [-0.25, -0.2) is 4.90 Å². The third-order valence-electron chi connectivity index (χ3n) is 5.36. The van der Waals surface area contributed by atoms with Gasteiger partial charge in [0.1, 0.15) is 6.54 Å². The molecule has 1 N–H and O–H groups in total. The van der Waals surface area contributed by atoms with Gasteiger partial charge in [-0.15, -0.1) is 0 Å². The molecular formula is C26H18ClN3O3S. The van der Waals surface area contributed by atoms with Gasteiger partial charge in [0.25, 0.3) is 11.1 Å². The molecule has 8 heteroatoms. The Kier molecular flexibility index (Phi) is 5.96. The van der Waals surface area contributed by atoms with Crippen molar-refractivity contribution in [3.05, 3.63) is 101 Å². The molecule has 1 fully saturated rings. The predicted octanol–water partition coefficient (Wildman–Crippen LogP) is 6.17. The summed E-state index contributed by atoms with van der Waals surface area (Å²) in [7, 11) is 0. The summed E-state index contributed by atoms with van der Waals surface area (Å²) >= 11 is 6.81. The van der Waals surface area contributed by atoms with Crippen LogP contribution in [0.3, 0.4) is 0 Å². The number of aromatic nitrogens is 1. The second kappa shape index (κ2) is 9.21. The summed E-state index contributed by atoms with van der Waals surface area (Å²) < 4.78 is 1.83. The van der Waals surface area contributed by atoms with Crippen LogP contribution in [-0.4, -0.2) is 21.6 Å². The summed E-state index contributed by atoms with van der Waals surface area (Å²) in [5.41, 5.74) is 2.80. The Morgan fingerprint density at radius 1 is 0.941 bits per heavy atom. The predicted molar refractivity (Wildman–Crippen MR) is 137 cm³/mol. The lowest BCUT2D eigenvalue weighted by Crippen LogP contribution is -2.27. The van der Waals surface area contributed by atoms with Gasteiger partial charge >= 0.3 is 0 Å². The van der Waals surface area contributed by atoms with Crippen molar-refractivity contribution in [2.45, 2.75) is 6.54 Å². The van der Waals surface area contributed by atoms with Gasteiger partial charge in [-0.3, -0.25) is 14.4 Å². The van der Waals surface area contributed by atoms with Crippen LogP contribution in [0.15, 0.2) is 90.0 Å². The van der Waals surface area contributed by atoms with Gasteiger partial charge in [0.2, 0.25) is 5.91 Å². The van der Waals surface area contributed by atoms with Crippen molar-refractivity contribution in [2.24, 2.45) is 0 Å². The van der Waals surface area contributed by atoms with E-state index in [9.17, 15) is 14.4 Å². The molecule has 0 spiro atoms. The van der Waals surface area contributed by atoms with Gasteiger partial charge in [0.15, 0.2) is 0 Å². The zero-order valence-corrected chi connectivity index (χ0v) is 19.3. The van der Waals surface area contributed by atoms with Crippen LogP contribution < -0.4 is 10.2 Å². The fourth-order valence-electron chi connectivity index (χ4n) is 3.82. The molecule has 3 aromatic carbocycles.